The molecule has 1 saturated heterocycles. The van der Waals surface area contributed by atoms with Gasteiger partial charge in [-0.15, -0.1) is 0 Å². The van der Waals surface area contributed by atoms with Gasteiger partial charge in [0.15, 0.2) is 5.75 Å². The lowest BCUT2D eigenvalue weighted by Crippen LogP contribution is -2.41. The first-order chi connectivity index (χ1) is 12.5. The van der Waals surface area contributed by atoms with Crippen LogP contribution < -0.4 is 14.9 Å². The van der Waals surface area contributed by atoms with Crippen molar-refractivity contribution in [1.29, 1.82) is 0 Å². The van der Waals surface area contributed by atoms with E-state index in [1.54, 1.807) is 6.20 Å². The molecule has 5 nitrogen and oxygen atoms in total. The van der Waals surface area contributed by atoms with Crippen molar-refractivity contribution in [3.8, 4) is 17.2 Å². The summed E-state index contributed by atoms with van der Waals surface area (Å²) in [6.07, 6.45) is 4.19. The number of hydrogen-bond acceptors (Lipinski definition) is 4. The zero-order valence-electron chi connectivity index (χ0n) is 16.1. The van der Waals surface area contributed by atoms with Crippen LogP contribution in [0.5, 0.6) is 11.5 Å². The lowest BCUT2D eigenvalue weighted by molar-refractivity contribution is 0.0843. The van der Waals surface area contributed by atoms with Gasteiger partial charge in [0, 0.05) is 37.1 Å². The number of likely N-dealkylation sites (tertiary alicyclic amines) is 1. The average Bonchev–Trinajstić information content (AvgIpc) is 2.64. The Balaban J connectivity index is 1.69. The number of benzene rings is 1. The third-order valence-corrected chi connectivity index (χ3v) is 5.12. The maximum atomic E-state index is 11.8. The molecule has 5 heteroatoms. The molecule has 0 radical (unpaired) electrons. The van der Waals surface area contributed by atoms with Crippen molar-refractivity contribution in [2.75, 3.05) is 20.2 Å². The third kappa shape index (κ3) is 3.93. The molecule has 0 bridgehead atoms. The summed E-state index contributed by atoms with van der Waals surface area (Å²) >= 11 is 0. The highest BCUT2D eigenvalue weighted by molar-refractivity contribution is 5.42. The molecule has 0 N–H and O–H groups in total. The number of aromatic nitrogens is 1. The fourth-order valence-corrected chi connectivity index (χ4v) is 3.53. The number of rotatable bonds is 5. The second kappa shape index (κ2) is 7.96. The van der Waals surface area contributed by atoms with Gasteiger partial charge in [-0.25, -0.2) is 0 Å². The summed E-state index contributed by atoms with van der Waals surface area (Å²) < 4.78 is 13.3. The second-order valence-electron chi connectivity index (χ2n) is 7.11. The van der Waals surface area contributed by atoms with Crippen molar-refractivity contribution in [2.24, 2.45) is 0 Å². The van der Waals surface area contributed by atoms with E-state index in [9.17, 15) is 4.79 Å². The Hall–Kier alpha value is -2.27. The van der Waals surface area contributed by atoms with E-state index in [0.717, 1.165) is 43.1 Å². The first kappa shape index (κ1) is 18.5. The van der Waals surface area contributed by atoms with Gasteiger partial charge >= 0.3 is 0 Å². The molecule has 2 aromatic rings. The highest BCUT2D eigenvalue weighted by Gasteiger charge is 2.22. The molecule has 1 aromatic carbocycles. The topological polar surface area (TPSA) is 43.7 Å². The van der Waals surface area contributed by atoms with Gasteiger partial charge in [-0.05, 0) is 57.9 Å². The predicted octanol–water partition coefficient (Wildman–Crippen LogP) is 3.41. The Labute approximate surface area is 155 Å². The van der Waals surface area contributed by atoms with E-state index in [0.29, 0.717) is 11.8 Å². The quantitative estimate of drug-likeness (QED) is 0.823. The molecular weight excluding hydrogens is 328 g/mol. The molecular formula is C21H28N2O3. The number of nitrogens with zero attached hydrogens (tertiary/aromatic N) is 2. The number of hydrogen-bond donors (Lipinski definition) is 0. The fraction of sp³-hybridized carbons (Fsp3) is 0.476. The van der Waals surface area contributed by atoms with E-state index in [1.807, 2.05) is 35.8 Å². The summed E-state index contributed by atoms with van der Waals surface area (Å²) in [6.45, 7) is 8.56. The molecule has 3 rings (SSSR count). The lowest BCUT2D eigenvalue weighted by Gasteiger charge is -2.34. The highest BCUT2D eigenvalue weighted by Crippen LogP contribution is 2.23. The second-order valence-corrected chi connectivity index (χ2v) is 7.11. The van der Waals surface area contributed by atoms with Crippen molar-refractivity contribution < 1.29 is 9.47 Å². The van der Waals surface area contributed by atoms with E-state index in [-0.39, 0.29) is 11.5 Å². The summed E-state index contributed by atoms with van der Waals surface area (Å²) in [5.41, 5.74) is 1.66. The summed E-state index contributed by atoms with van der Waals surface area (Å²) in [5, 5.41) is 0. The van der Waals surface area contributed by atoms with Crippen LogP contribution in [0.25, 0.3) is 5.69 Å². The van der Waals surface area contributed by atoms with Crippen molar-refractivity contribution in [2.45, 2.75) is 45.8 Å². The van der Waals surface area contributed by atoms with Gasteiger partial charge in [0.25, 0.3) is 0 Å². The van der Waals surface area contributed by atoms with Crippen LogP contribution >= 0.6 is 0 Å². The zero-order chi connectivity index (χ0) is 18.7. The molecule has 0 aliphatic carbocycles. The van der Waals surface area contributed by atoms with Crippen molar-refractivity contribution in [3.05, 3.63) is 52.4 Å². The van der Waals surface area contributed by atoms with Crippen molar-refractivity contribution >= 4 is 0 Å². The van der Waals surface area contributed by atoms with Crippen molar-refractivity contribution in [3.63, 3.8) is 0 Å². The summed E-state index contributed by atoms with van der Waals surface area (Å²) in [6, 6.07) is 10.1. The van der Waals surface area contributed by atoms with E-state index < -0.39 is 0 Å². The van der Waals surface area contributed by atoms with E-state index in [2.05, 4.69) is 18.7 Å². The third-order valence-electron chi connectivity index (χ3n) is 5.12. The van der Waals surface area contributed by atoms with Crippen LogP contribution in [-0.2, 0) is 0 Å². The molecule has 0 unspecified atom stereocenters. The van der Waals surface area contributed by atoms with Gasteiger partial charge in [-0.1, -0.05) is 0 Å². The highest BCUT2D eigenvalue weighted by atomic mass is 16.5. The smallest absolute Gasteiger partial charge is 0.223 e. The summed E-state index contributed by atoms with van der Waals surface area (Å²) in [7, 11) is 1.52. The minimum Gasteiger partial charge on any atom is -0.491 e. The monoisotopic (exact) mass is 356 g/mol. The molecule has 2 heterocycles. The van der Waals surface area contributed by atoms with Crippen LogP contribution in [0.2, 0.25) is 0 Å². The largest absolute Gasteiger partial charge is 0.491 e. The molecule has 26 heavy (non-hydrogen) atoms. The summed E-state index contributed by atoms with van der Waals surface area (Å²) in [5.74, 6) is 1.27. The predicted molar refractivity (Wildman–Crippen MR) is 104 cm³/mol. The molecule has 1 fully saturated rings. The molecule has 0 saturated carbocycles. The fourth-order valence-electron chi connectivity index (χ4n) is 3.53. The van der Waals surface area contributed by atoms with E-state index >= 15 is 0 Å². The van der Waals surface area contributed by atoms with Crippen LogP contribution in [0.4, 0.5) is 0 Å². The number of ether oxygens (including phenoxy) is 2. The van der Waals surface area contributed by atoms with E-state index in [1.165, 1.54) is 13.2 Å². The number of methoxy groups -OCH3 is 1. The SMILES string of the molecule is COc1c(C)n(-c2ccc(OC3CCN(C(C)C)CC3)cc2)ccc1=O. The van der Waals surface area contributed by atoms with Gasteiger partial charge in [0.2, 0.25) is 5.43 Å². The Morgan fingerprint density at radius 3 is 2.31 bits per heavy atom. The number of piperidine rings is 1. The number of pyridine rings is 1. The molecule has 0 spiro atoms. The summed E-state index contributed by atoms with van der Waals surface area (Å²) in [4.78, 5) is 14.3. The normalized spacial score (nSPS) is 16.0. The lowest BCUT2D eigenvalue weighted by atomic mass is 10.1. The van der Waals surface area contributed by atoms with Crippen LogP contribution in [0.1, 0.15) is 32.4 Å². The van der Waals surface area contributed by atoms with Gasteiger partial charge in [-0.3, -0.25) is 4.79 Å². The van der Waals surface area contributed by atoms with Crippen molar-refractivity contribution in [1.82, 2.24) is 9.47 Å². The zero-order valence-corrected chi connectivity index (χ0v) is 16.1. The standard InChI is InChI=1S/C21H28N2O3/c1-15(2)22-12-9-19(10-13-22)26-18-7-5-17(6-8-18)23-14-11-20(24)21(25-4)16(23)3/h5-8,11,14-15,19H,9-10,12-13H2,1-4H3. The first-order valence-electron chi connectivity index (χ1n) is 9.27. The van der Waals surface area contributed by atoms with Crippen LogP contribution in [0, 0.1) is 6.92 Å². The van der Waals surface area contributed by atoms with Crippen LogP contribution in [0.3, 0.4) is 0 Å². The van der Waals surface area contributed by atoms with Gasteiger partial charge in [-0.2, -0.15) is 0 Å². The van der Waals surface area contributed by atoms with E-state index in [4.69, 9.17) is 9.47 Å². The van der Waals surface area contributed by atoms with Gasteiger partial charge < -0.3 is 18.9 Å². The van der Waals surface area contributed by atoms with Gasteiger partial charge in [0.05, 0.1) is 12.8 Å². The molecule has 140 valence electrons. The molecule has 1 aliphatic rings. The minimum absolute atomic E-state index is 0.103. The maximum absolute atomic E-state index is 11.8. The Morgan fingerprint density at radius 2 is 1.73 bits per heavy atom. The van der Waals surface area contributed by atoms with Crippen LogP contribution in [-0.4, -0.2) is 41.8 Å². The molecule has 0 atom stereocenters. The molecule has 1 aromatic heterocycles. The maximum Gasteiger partial charge on any atom is 0.223 e. The minimum atomic E-state index is -0.103. The Bertz CT molecular complexity index is 788. The molecule has 1 aliphatic heterocycles. The Morgan fingerprint density at radius 1 is 1.08 bits per heavy atom. The molecule has 0 amide bonds. The van der Waals surface area contributed by atoms with Crippen LogP contribution in [0.15, 0.2) is 41.3 Å². The average molecular weight is 356 g/mol. The van der Waals surface area contributed by atoms with Gasteiger partial charge in [0.1, 0.15) is 11.9 Å². The first-order valence-corrected chi connectivity index (χ1v) is 9.27. The Kier molecular flexibility index (Phi) is 5.67.